The molecule has 1 atom stereocenters. The molecule has 150 valence electrons. The first-order valence-electron chi connectivity index (χ1n) is 8.35. The fourth-order valence-electron chi connectivity index (χ4n) is 2.46. The number of methoxy groups -OCH3 is 1. The molecule has 1 aliphatic rings. The summed E-state index contributed by atoms with van der Waals surface area (Å²) in [7, 11) is 1.63. The SMILES string of the molecule is CCNC(=NCCCOCCOC)NC1CCN(CC(F)(F)F)C1.I. The Balaban J connectivity index is 0.00000576. The lowest BCUT2D eigenvalue weighted by atomic mass is 10.3. The predicted molar refractivity (Wildman–Crippen MR) is 103 cm³/mol. The van der Waals surface area contributed by atoms with Gasteiger partial charge in [0.25, 0.3) is 0 Å². The van der Waals surface area contributed by atoms with Crippen LogP contribution in [0.1, 0.15) is 19.8 Å². The summed E-state index contributed by atoms with van der Waals surface area (Å²) in [6.45, 7) is 4.98. The number of aliphatic imine (C=N–C) groups is 1. The molecule has 1 rings (SSSR count). The summed E-state index contributed by atoms with van der Waals surface area (Å²) in [6, 6.07) is -0.0110. The van der Waals surface area contributed by atoms with Crippen molar-refractivity contribution in [3.63, 3.8) is 0 Å². The molecule has 2 N–H and O–H groups in total. The standard InChI is InChI=1S/C15H29F3N4O2.HI/c1-3-19-14(20-6-4-8-24-10-9-23-2)21-13-5-7-22(11-13)12-15(16,17)18;/h13H,3-12H2,1-2H3,(H2,19,20,21);1H. The Morgan fingerprint density at radius 2 is 2.04 bits per heavy atom. The first kappa shape index (κ1) is 24.7. The minimum absolute atomic E-state index is 0. The highest BCUT2D eigenvalue weighted by Crippen LogP contribution is 2.19. The molecule has 1 aliphatic heterocycles. The third-order valence-electron chi connectivity index (χ3n) is 3.51. The molecule has 0 aliphatic carbocycles. The van der Waals surface area contributed by atoms with E-state index in [1.807, 2.05) is 6.92 Å². The van der Waals surface area contributed by atoms with E-state index in [1.165, 1.54) is 4.90 Å². The molecule has 25 heavy (non-hydrogen) atoms. The van der Waals surface area contributed by atoms with E-state index in [0.29, 0.717) is 58.4 Å². The maximum absolute atomic E-state index is 12.4. The molecule has 0 aromatic rings. The molecule has 0 saturated carbocycles. The molecule has 0 spiro atoms. The summed E-state index contributed by atoms with van der Waals surface area (Å²) < 4.78 is 47.5. The highest BCUT2D eigenvalue weighted by Gasteiger charge is 2.34. The van der Waals surface area contributed by atoms with Crippen molar-refractivity contribution < 1.29 is 22.6 Å². The second-order valence-corrected chi connectivity index (χ2v) is 5.70. The largest absolute Gasteiger partial charge is 0.401 e. The van der Waals surface area contributed by atoms with Gasteiger partial charge in [0.05, 0.1) is 19.8 Å². The third-order valence-corrected chi connectivity index (χ3v) is 3.51. The lowest BCUT2D eigenvalue weighted by Gasteiger charge is -2.19. The van der Waals surface area contributed by atoms with Gasteiger partial charge in [-0.2, -0.15) is 13.2 Å². The molecule has 0 amide bonds. The Morgan fingerprint density at radius 3 is 2.68 bits per heavy atom. The lowest BCUT2D eigenvalue weighted by Crippen LogP contribution is -2.45. The zero-order valence-corrected chi connectivity index (χ0v) is 17.2. The Morgan fingerprint density at radius 1 is 1.28 bits per heavy atom. The fourth-order valence-corrected chi connectivity index (χ4v) is 2.46. The van der Waals surface area contributed by atoms with Gasteiger partial charge in [0.15, 0.2) is 5.96 Å². The summed E-state index contributed by atoms with van der Waals surface area (Å²) in [6.07, 6.45) is -2.68. The van der Waals surface area contributed by atoms with E-state index >= 15 is 0 Å². The van der Waals surface area contributed by atoms with Gasteiger partial charge in [-0.25, -0.2) is 0 Å². The third kappa shape index (κ3) is 12.6. The fraction of sp³-hybridized carbons (Fsp3) is 0.933. The second kappa shape index (κ2) is 13.8. The van der Waals surface area contributed by atoms with Crippen LogP contribution in [-0.2, 0) is 9.47 Å². The van der Waals surface area contributed by atoms with E-state index < -0.39 is 12.7 Å². The van der Waals surface area contributed by atoms with E-state index in [4.69, 9.17) is 9.47 Å². The van der Waals surface area contributed by atoms with Crippen molar-refractivity contribution in [2.45, 2.75) is 32.0 Å². The van der Waals surface area contributed by atoms with Gasteiger partial charge < -0.3 is 20.1 Å². The predicted octanol–water partition coefficient (Wildman–Crippen LogP) is 1.85. The van der Waals surface area contributed by atoms with Gasteiger partial charge in [0, 0.05) is 45.9 Å². The topological polar surface area (TPSA) is 58.1 Å². The zero-order chi connectivity index (χ0) is 17.8. The number of hydrogen-bond donors (Lipinski definition) is 2. The molecule has 0 aromatic heterocycles. The van der Waals surface area contributed by atoms with E-state index in [2.05, 4.69) is 15.6 Å². The molecule has 0 bridgehead atoms. The number of likely N-dealkylation sites (tertiary alicyclic amines) is 1. The highest BCUT2D eigenvalue weighted by atomic mass is 127. The first-order valence-corrected chi connectivity index (χ1v) is 8.35. The van der Waals surface area contributed by atoms with E-state index in [9.17, 15) is 13.2 Å². The van der Waals surface area contributed by atoms with Gasteiger partial charge >= 0.3 is 6.18 Å². The van der Waals surface area contributed by atoms with Crippen LogP contribution in [-0.4, -0.2) is 82.7 Å². The number of nitrogens with zero attached hydrogens (tertiary/aromatic N) is 2. The molecular formula is C15H30F3IN4O2. The second-order valence-electron chi connectivity index (χ2n) is 5.70. The van der Waals surface area contributed by atoms with Crippen LogP contribution in [0.4, 0.5) is 13.2 Å². The van der Waals surface area contributed by atoms with Crippen molar-refractivity contribution in [3.8, 4) is 0 Å². The lowest BCUT2D eigenvalue weighted by molar-refractivity contribution is -0.143. The molecular weight excluding hydrogens is 452 g/mol. The van der Waals surface area contributed by atoms with Crippen LogP contribution in [0.5, 0.6) is 0 Å². The van der Waals surface area contributed by atoms with E-state index in [-0.39, 0.29) is 30.0 Å². The van der Waals surface area contributed by atoms with E-state index in [0.717, 1.165) is 6.42 Å². The molecule has 1 unspecified atom stereocenters. The van der Waals surface area contributed by atoms with Gasteiger partial charge in [-0.05, 0) is 19.8 Å². The Bertz CT molecular complexity index is 373. The summed E-state index contributed by atoms with van der Waals surface area (Å²) in [5.74, 6) is 0.647. The summed E-state index contributed by atoms with van der Waals surface area (Å²) in [5.41, 5.74) is 0. The molecule has 1 heterocycles. The van der Waals surface area contributed by atoms with Crippen LogP contribution in [0.25, 0.3) is 0 Å². The molecule has 1 saturated heterocycles. The Labute approximate surface area is 164 Å². The van der Waals surface area contributed by atoms with Crippen molar-refractivity contribution in [1.82, 2.24) is 15.5 Å². The zero-order valence-electron chi connectivity index (χ0n) is 14.9. The van der Waals surface area contributed by atoms with Crippen LogP contribution < -0.4 is 10.6 Å². The monoisotopic (exact) mass is 482 g/mol. The maximum atomic E-state index is 12.4. The average molecular weight is 482 g/mol. The van der Waals surface area contributed by atoms with Crippen molar-refractivity contribution in [2.75, 3.05) is 59.7 Å². The summed E-state index contributed by atoms with van der Waals surface area (Å²) >= 11 is 0. The Kier molecular flexibility index (Phi) is 13.6. The minimum atomic E-state index is -4.14. The van der Waals surface area contributed by atoms with Crippen molar-refractivity contribution in [3.05, 3.63) is 0 Å². The van der Waals surface area contributed by atoms with Crippen molar-refractivity contribution >= 4 is 29.9 Å². The van der Waals surface area contributed by atoms with Crippen LogP contribution in [0.3, 0.4) is 0 Å². The Hall–Kier alpha value is -0.330. The number of ether oxygens (including phenoxy) is 2. The van der Waals surface area contributed by atoms with Crippen LogP contribution in [0, 0.1) is 0 Å². The molecule has 1 fully saturated rings. The van der Waals surface area contributed by atoms with E-state index in [1.54, 1.807) is 7.11 Å². The van der Waals surface area contributed by atoms with Crippen molar-refractivity contribution in [2.24, 2.45) is 4.99 Å². The number of guanidine groups is 1. The minimum Gasteiger partial charge on any atom is -0.382 e. The number of hydrogen-bond acceptors (Lipinski definition) is 4. The van der Waals surface area contributed by atoms with Crippen molar-refractivity contribution in [1.29, 1.82) is 0 Å². The quantitative estimate of drug-likeness (QED) is 0.216. The van der Waals surface area contributed by atoms with Gasteiger partial charge in [0.1, 0.15) is 0 Å². The molecule has 6 nitrogen and oxygen atoms in total. The smallest absolute Gasteiger partial charge is 0.382 e. The van der Waals surface area contributed by atoms with Gasteiger partial charge in [-0.3, -0.25) is 9.89 Å². The van der Waals surface area contributed by atoms with Gasteiger partial charge in [-0.15, -0.1) is 24.0 Å². The van der Waals surface area contributed by atoms with Gasteiger partial charge in [0.2, 0.25) is 0 Å². The maximum Gasteiger partial charge on any atom is 0.401 e. The molecule has 0 aromatic carbocycles. The average Bonchev–Trinajstić information content (AvgIpc) is 2.91. The normalized spacial score (nSPS) is 18.9. The van der Waals surface area contributed by atoms with Crippen LogP contribution in [0.15, 0.2) is 4.99 Å². The molecule has 0 radical (unpaired) electrons. The summed E-state index contributed by atoms with van der Waals surface area (Å²) in [4.78, 5) is 5.86. The number of nitrogens with one attached hydrogen (secondary N) is 2. The first-order chi connectivity index (χ1) is 11.4. The molecule has 10 heteroatoms. The number of rotatable bonds is 10. The highest BCUT2D eigenvalue weighted by molar-refractivity contribution is 14.0. The van der Waals surface area contributed by atoms with Crippen LogP contribution >= 0.6 is 24.0 Å². The number of alkyl halides is 3. The number of halogens is 4. The summed E-state index contributed by atoms with van der Waals surface area (Å²) in [5, 5.41) is 6.33. The van der Waals surface area contributed by atoms with Gasteiger partial charge in [-0.1, -0.05) is 0 Å². The van der Waals surface area contributed by atoms with Crippen LogP contribution in [0.2, 0.25) is 0 Å².